The Balaban J connectivity index is 2.00. The lowest BCUT2D eigenvalue weighted by atomic mass is 10.1. The maximum absolute atomic E-state index is 5.56. The Bertz CT molecular complexity index is 368. The van der Waals surface area contributed by atoms with E-state index in [0.29, 0.717) is 13.2 Å². The highest BCUT2D eigenvalue weighted by Crippen LogP contribution is 2.32. The van der Waals surface area contributed by atoms with Crippen LogP contribution in [-0.4, -0.2) is 33.5 Å². The first-order chi connectivity index (χ1) is 8.31. The number of benzene rings is 1. The summed E-state index contributed by atoms with van der Waals surface area (Å²) in [7, 11) is 1.70. The maximum Gasteiger partial charge on any atom is 0.161 e. The molecule has 0 amide bonds. The fraction of sp³-hybridized carbons (Fsp3) is 0.538. The maximum atomic E-state index is 5.56. The lowest BCUT2D eigenvalue weighted by Gasteiger charge is -2.21. The van der Waals surface area contributed by atoms with E-state index in [1.807, 2.05) is 12.1 Å². The van der Waals surface area contributed by atoms with Crippen LogP contribution in [0, 0.1) is 0 Å². The van der Waals surface area contributed by atoms with Gasteiger partial charge >= 0.3 is 0 Å². The molecule has 0 saturated heterocycles. The van der Waals surface area contributed by atoms with Crippen molar-refractivity contribution < 1.29 is 14.2 Å². The van der Waals surface area contributed by atoms with Crippen molar-refractivity contribution in [2.24, 2.45) is 0 Å². The third-order valence-corrected chi connectivity index (χ3v) is 2.82. The van der Waals surface area contributed by atoms with Crippen LogP contribution in [0.3, 0.4) is 0 Å². The van der Waals surface area contributed by atoms with E-state index in [2.05, 4.69) is 18.3 Å². The zero-order chi connectivity index (χ0) is 12.1. The second-order valence-electron chi connectivity index (χ2n) is 4.07. The van der Waals surface area contributed by atoms with Crippen molar-refractivity contribution in [2.75, 3.05) is 33.5 Å². The Morgan fingerprint density at radius 2 is 2.06 bits per heavy atom. The van der Waals surface area contributed by atoms with Gasteiger partial charge in [0.05, 0.1) is 6.61 Å². The predicted octanol–water partition coefficient (Wildman–Crippen LogP) is 1.75. The van der Waals surface area contributed by atoms with Gasteiger partial charge in [0.15, 0.2) is 11.5 Å². The van der Waals surface area contributed by atoms with Crippen LogP contribution in [0.1, 0.15) is 18.5 Å². The summed E-state index contributed by atoms with van der Waals surface area (Å²) in [5.74, 6) is 1.68. The molecular weight excluding hydrogens is 218 g/mol. The van der Waals surface area contributed by atoms with Crippen LogP contribution in [0.5, 0.6) is 11.5 Å². The Labute approximate surface area is 102 Å². The normalized spacial score (nSPS) is 15.6. The van der Waals surface area contributed by atoms with Gasteiger partial charge in [0.2, 0.25) is 0 Å². The number of ether oxygens (including phenoxy) is 3. The average Bonchev–Trinajstić information content (AvgIpc) is 2.38. The molecule has 1 heterocycles. The minimum absolute atomic E-state index is 0.279. The van der Waals surface area contributed by atoms with Gasteiger partial charge in [0, 0.05) is 19.7 Å². The van der Waals surface area contributed by atoms with Crippen molar-refractivity contribution in [1.29, 1.82) is 0 Å². The fourth-order valence-corrected chi connectivity index (χ4v) is 1.82. The van der Waals surface area contributed by atoms with Crippen molar-refractivity contribution in [3.05, 3.63) is 23.8 Å². The minimum Gasteiger partial charge on any atom is -0.486 e. The molecule has 1 aliphatic heterocycles. The molecule has 0 fully saturated rings. The van der Waals surface area contributed by atoms with Crippen LogP contribution >= 0.6 is 0 Å². The van der Waals surface area contributed by atoms with Gasteiger partial charge in [-0.05, 0) is 24.6 Å². The van der Waals surface area contributed by atoms with Crippen LogP contribution in [0.4, 0.5) is 0 Å². The van der Waals surface area contributed by atoms with E-state index < -0.39 is 0 Å². The van der Waals surface area contributed by atoms with Gasteiger partial charge in [-0.2, -0.15) is 0 Å². The molecule has 94 valence electrons. The Morgan fingerprint density at radius 3 is 2.82 bits per heavy atom. The summed E-state index contributed by atoms with van der Waals surface area (Å²) in [5.41, 5.74) is 1.20. The highest BCUT2D eigenvalue weighted by Gasteiger charge is 2.13. The van der Waals surface area contributed by atoms with Crippen LogP contribution in [0.2, 0.25) is 0 Å². The van der Waals surface area contributed by atoms with E-state index in [1.54, 1.807) is 7.11 Å². The minimum atomic E-state index is 0.279. The molecule has 17 heavy (non-hydrogen) atoms. The number of nitrogens with one attached hydrogen (secondary N) is 1. The molecule has 0 saturated carbocycles. The topological polar surface area (TPSA) is 39.7 Å². The van der Waals surface area contributed by atoms with Crippen LogP contribution < -0.4 is 14.8 Å². The summed E-state index contributed by atoms with van der Waals surface area (Å²) in [5, 5.41) is 3.39. The monoisotopic (exact) mass is 237 g/mol. The zero-order valence-electron chi connectivity index (χ0n) is 10.4. The van der Waals surface area contributed by atoms with E-state index in [9.17, 15) is 0 Å². The Kier molecular flexibility index (Phi) is 4.23. The first kappa shape index (κ1) is 12.2. The van der Waals surface area contributed by atoms with Gasteiger partial charge in [-0.25, -0.2) is 0 Å². The van der Waals surface area contributed by atoms with E-state index >= 15 is 0 Å². The molecule has 0 spiro atoms. The largest absolute Gasteiger partial charge is 0.486 e. The van der Waals surface area contributed by atoms with E-state index in [0.717, 1.165) is 24.7 Å². The summed E-state index contributed by atoms with van der Waals surface area (Å²) in [4.78, 5) is 0. The summed E-state index contributed by atoms with van der Waals surface area (Å²) >= 11 is 0. The molecule has 0 aromatic heterocycles. The molecule has 2 rings (SSSR count). The zero-order valence-corrected chi connectivity index (χ0v) is 10.4. The molecule has 1 N–H and O–H groups in total. The molecule has 4 nitrogen and oxygen atoms in total. The average molecular weight is 237 g/mol. The fourth-order valence-electron chi connectivity index (χ4n) is 1.82. The molecule has 1 aliphatic rings. The molecule has 1 unspecified atom stereocenters. The highest BCUT2D eigenvalue weighted by molar-refractivity contribution is 5.44. The standard InChI is InChI=1S/C13H19NO3/c1-10(14-5-6-15-2)11-3-4-12-13(9-11)17-8-7-16-12/h3-4,9-10,14H,5-8H2,1-2H3. The van der Waals surface area contributed by atoms with E-state index in [1.165, 1.54) is 5.56 Å². The molecule has 1 atom stereocenters. The summed E-state index contributed by atoms with van der Waals surface area (Å²) in [6.07, 6.45) is 0. The van der Waals surface area contributed by atoms with E-state index in [4.69, 9.17) is 14.2 Å². The number of hydrogen-bond donors (Lipinski definition) is 1. The quantitative estimate of drug-likeness (QED) is 0.792. The van der Waals surface area contributed by atoms with Gasteiger partial charge in [-0.1, -0.05) is 6.07 Å². The predicted molar refractivity (Wildman–Crippen MR) is 65.7 cm³/mol. The number of methoxy groups -OCH3 is 1. The second-order valence-corrected chi connectivity index (χ2v) is 4.07. The molecule has 0 radical (unpaired) electrons. The van der Waals surface area contributed by atoms with Gasteiger partial charge < -0.3 is 19.5 Å². The van der Waals surface area contributed by atoms with Gasteiger partial charge in [-0.15, -0.1) is 0 Å². The second kappa shape index (κ2) is 5.89. The Morgan fingerprint density at radius 1 is 1.29 bits per heavy atom. The van der Waals surface area contributed by atoms with Crippen molar-refractivity contribution in [3.63, 3.8) is 0 Å². The van der Waals surface area contributed by atoms with Gasteiger partial charge in [0.1, 0.15) is 13.2 Å². The summed E-state index contributed by atoms with van der Waals surface area (Å²) in [6, 6.07) is 6.36. The van der Waals surface area contributed by atoms with Crippen molar-refractivity contribution >= 4 is 0 Å². The first-order valence-corrected chi connectivity index (χ1v) is 5.93. The van der Waals surface area contributed by atoms with Crippen molar-refractivity contribution in [1.82, 2.24) is 5.32 Å². The molecule has 0 bridgehead atoms. The summed E-state index contributed by atoms with van der Waals surface area (Å²) < 4.78 is 16.1. The highest BCUT2D eigenvalue weighted by atomic mass is 16.6. The van der Waals surface area contributed by atoms with Gasteiger partial charge in [-0.3, -0.25) is 0 Å². The lowest BCUT2D eigenvalue weighted by molar-refractivity contribution is 0.171. The van der Waals surface area contributed by atoms with Crippen LogP contribution in [0.15, 0.2) is 18.2 Å². The van der Waals surface area contributed by atoms with Crippen LogP contribution in [-0.2, 0) is 4.74 Å². The SMILES string of the molecule is COCCNC(C)c1ccc2c(c1)OCCO2. The van der Waals surface area contributed by atoms with Crippen LogP contribution in [0.25, 0.3) is 0 Å². The number of hydrogen-bond acceptors (Lipinski definition) is 4. The number of rotatable bonds is 5. The molecule has 4 heteroatoms. The first-order valence-electron chi connectivity index (χ1n) is 5.93. The number of fused-ring (bicyclic) bond motifs is 1. The third kappa shape index (κ3) is 3.11. The van der Waals surface area contributed by atoms with Crippen molar-refractivity contribution in [2.45, 2.75) is 13.0 Å². The lowest BCUT2D eigenvalue weighted by Crippen LogP contribution is -2.23. The molecule has 1 aromatic carbocycles. The Hall–Kier alpha value is -1.26. The smallest absolute Gasteiger partial charge is 0.161 e. The molecule has 0 aliphatic carbocycles. The van der Waals surface area contributed by atoms with Crippen molar-refractivity contribution in [3.8, 4) is 11.5 Å². The van der Waals surface area contributed by atoms with E-state index in [-0.39, 0.29) is 6.04 Å². The summed E-state index contributed by atoms with van der Waals surface area (Å²) in [6.45, 7) is 4.94. The molecular formula is C13H19NO3. The van der Waals surface area contributed by atoms with Gasteiger partial charge in [0.25, 0.3) is 0 Å². The molecule has 1 aromatic rings. The third-order valence-electron chi connectivity index (χ3n) is 2.82.